The zero-order valence-corrected chi connectivity index (χ0v) is 17.9. The highest BCUT2D eigenvalue weighted by atomic mass is 16.5. The van der Waals surface area contributed by atoms with Gasteiger partial charge in [0.1, 0.15) is 6.10 Å². The highest BCUT2D eigenvalue weighted by Crippen LogP contribution is 2.62. The zero-order valence-electron chi connectivity index (χ0n) is 17.9. The topological polar surface area (TPSA) is 52.6 Å². The van der Waals surface area contributed by atoms with Crippen LogP contribution in [0, 0.1) is 22.7 Å². The van der Waals surface area contributed by atoms with Crippen LogP contribution in [0.1, 0.15) is 73.1 Å². The van der Waals surface area contributed by atoms with E-state index in [0.29, 0.717) is 11.8 Å². The maximum absolute atomic E-state index is 11.7. The van der Waals surface area contributed by atoms with E-state index >= 15 is 0 Å². The summed E-state index contributed by atoms with van der Waals surface area (Å²) in [7, 11) is 1.40. The van der Waals surface area contributed by atoms with Crippen molar-refractivity contribution in [3.8, 4) is 0 Å². The van der Waals surface area contributed by atoms with Crippen LogP contribution in [-0.2, 0) is 19.1 Å². The van der Waals surface area contributed by atoms with E-state index in [9.17, 15) is 9.59 Å². The molecule has 2 rings (SSSR count). The highest BCUT2D eigenvalue weighted by Gasteiger charge is 2.57. The Morgan fingerprint density at radius 3 is 2.48 bits per heavy atom. The van der Waals surface area contributed by atoms with Gasteiger partial charge in [-0.3, -0.25) is 4.79 Å². The van der Waals surface area contributed by atoms with Gasteiger partial charge in [-0.15, -0.1) is 0 Å². The van der Waals surface area contributed by atoms with Crippen LogP contribution < -0.4 is 0 Å². The minimum absolute atomic E-state index is 0.0583. The van der Waals surface area contributed by atoms with Crippen molar-refractivity contribution in [3.63, 3.8) is 0 Å². The Morgan fingerprint density at radius 2 is 1.89 bits per heavy atom. The fourth-order valence-electron chi connectivity index (χ4n) is 5.99. The van der Waals surface area contributed by atoms with E-state index in [1.165, 1.54) is 26.0 Å². The first-order chi connectivity index (χ1) is 12.5. The van der Waals surface area contributed by atoms with Crippen molar-refractivity contribution in [2.45, 2.75) is 79.2 Å². The summed E-state index contributed by atoms with van der Waals surface area (Å²) in [4.78, 5) is 23.2. The maximum atomic E-state index is 11.7. The van der Waals surface area contributed by atoms with Crippen molar-refractivity contribution in [2.24, 2.45) is 22.7 Å². The van der Waals surface area contributed by atoms with Gasteiger partial charge in [-0.1, -0.05) is 44.9 Å². The molecule has 0 aromatic heterocycles. The van der Waals surface area contributed by atoms with Crippen molar-refractivity contribution in [2.75, 3.05) is 7.11 Å². The monoisotopic (exact) mass is 376 g/mol. The summed E-state index contributed by atoms with van der Waals surface area (Å²) in [6, 6.07) is 0. The average molecular weight is 377 g/mol. The lowest BCUT2D eigenvalue weighted by molar-refractivity contribution is -0.171. The van der Waals surface area contributed by atoms with Gasteiger partial charge in [-0.05, 0) is 49.4 Å². The molecule has 152 valence electrons. The highest BCUT2D eigenvalue weighted by molar-refractivity contribution is 5.82. The molecule has 2 saturated carbocycles. The Balaban J connectivity index is 2.28. The molecule has 0 saturated heterocycles. The summed E-state index contributed by atoms with van der Waals surface area (Å²) >= 11 is 0. The SMILES string of the molecule is C=C1C[C@H](OC(C)=O)[C@H]2C(C)(C)CCC[C@]2(C)[C@H]1CC/C(C)=C/C(=O)OC. The molecule has 0 unspecified atom stereocenters. The third-order valence-corrected chi connectivity index (χ3v) is 6.92. The second-order valence-electron chi connectivity index (χ2n) is 9.44. The van der Waals surface area contributed by atoms with Crippen LogP contribution >= 0.6 is 0 Å². The van der Waals surface area contributed by atoms with Crippen LogP contribution in [0.4, 0.5) is 0 Å². The number of methoxy groups -OCH3 is 1. The Hall–Kier alpha value is -1.58. The molecule has 2 fully saturated rings. The van der Waals surface area contributed by atoms with Gasteiger partial charge < -0.3 is 9.47 Å². The van der Waals surface area contributed by atoms with Crippen LogP contribution in [0.25, 0.3) is 0 Å². The maximum Gasteiger partial charge on any atom is 0.330 e. The number of esters is 2. The van der Waals surface area contributed by atoms with Crippen molar-refractivity contribution in [1.29, 1.82) is 0 Å². The molecule has 4 heteroatoms. The predicted molar refractivity (Wildman–Crippen MR) is 107 cm³/mol. The molecule has 2 aliphatic rings. The summed E-state index contributed by atoms with van der Waals surface area (Å²) in [6.45, 7) is 14.9. The number of allylic oxidation sites excluding steroid dienone is 1. The summed E-state index contributed by atoms with van der Waals surface area (Å²) in [5, 5.41) is 0. The standard InChI is InChI=1S/C23H36O4/c1-15(13-20(25)26-7)9-10-18-16(2)14-19(27-17(3)24)21-22(4,5)11-8-12-23(18,21)6/h13,18-19,21H,2,8-12,14H2,1,3-7H3/b15-13+/t18-,19-,21-,23+/m0/s1. The average Bonchev–Trinajstić information content (AvgIpc) is 2.52. The van der Waals surface area contributed by atoms with Gasteiger partial charge in [0.05, 0.1) is 7.11 Å². The lowest BCUT2D eigenvalue weighted by Crippen LogP contribution is -2.56. The van der Waals surface area contributed by atoms with Gasteiger partial charge in [-0.2, -0.15) is 0 Å². The van der Waals surface area contributed by atoms with Gasteiger partial charge >= 0.3 is 11.9 Å². The minimum Gasteiger partial charge on any atom is -0.466 e. The Labute approximate surface area is 164 Å². The Bertz CT molecular complexity index is 630. The van der Waals surface area contributed by atoms with E-state index in [-0.39, 0.29) is 28.9 Å². The third kappa shape index (κ3) is 4.64. The van der Waals surface area contributed by atoms with E-state index in [2.05, 4.69) is 27.4 Å². The van der Waals surface area contributed by atoms with E-state index in [0.717, 1.165) is 37.7 Å². The van der Waals surface area contributed by atoms with Crippen LogP contribution in [0.2, 0.25) is 0 Å². The smallest absolute Gasteiger partial charge is 0.330 e. The third-order valence-electron chi connectivity index (χ3n) is 6.92. The molecular formula is C23H36O4. The fourth-order valence-corrected chi connectivity index (χ4v) is 5.99. The van der Waals surface area contributed by atoms with Gasteiger partial charge in [0.25, 0.3) is 0 Å². The molecule has 0 aliphatic heterocycles. The molecule has 27 heavy (non-hydrogen) atoms. The minimum atomic E-state index is -0.298. The molecule has 0 amide bonds. The molecule has 0 aromatic rings. The predicted octanol–water partition coefficient (Wildman–Crippen LogP) is 5.23. The zero-order chi connectivity index (χ0) is 20.4. The molecule has 2 aliphatic carbocycles. The lowest BCUT2D eigenvalue weighted by atomic mass is 9.46. The first-order valence-corrected chi connectivity index (χ1v) is 10.1. The lowest BCUT2D eigenvalue weighted by Gasteiger charge is -2.60. The normalized spacial score (nSPS) is 33.2. The van der Waals surface area contributed by atoms with Crippen LogP contribution in [-0.4, -0.2) is 25.2 Å². The Kier molecular flexibility index (Phi) is 6.59. The summed E-state index contributed by atoms with van der Waals surface area (Å²) in [5.74, 6) is 0.192. The summed E-state index contributed by atoms with van der Waals surface area (Å²) in [5.41, 5.74) is 2.40. The number of carbonyl (C=O) groups excluding carboxylic acids is 2. The number of fused-ring (bicyclic) bond motifs is 1. The molecule has 0 spiro atoms. The first kappa shape index (κ1) is 21.7. The summed E-state index contributed by atoms with van der Waals surface area (Å²) in [6.07, 6.45) is 7.53. The van der Waals surface area contributed by atoms with Crippen LogP contribution in [0.5, 0.6) is 0 Å². The van der Waals surface area contributed by atoms with Crippen molar-refractivity contribution < 1.29 is 19.1 Å². The molecule has 0 bridgehead atoms. The van der Waals surface area contributed by atoms with E-state index < -0.39 is 0 Å². The number of ether oxygens (including phenoxy) is 2. The van der Waals surface area contributed by atoms with E-state index in [4.69, 9.17) is 9.47 Å². The number of hydrogen-bond acceptors (Lipinski definition) is 4. The fraction of sp³-hybridized carbons (Fsp3) is 0.739. The molecular weight excluding hydrogens is 340 g/mol. The van der Waals surface area contributed by atoms with Gasteiger partial charge in [0, 0.05) is 25.3 Å². The van der Waals surface area contributed by atoms with Crippen LogP contribution in [0.3, 0.4) is 0 Å². The van der Waals surface area contributed by atoms with E-state index in [1.807, 2.05) is 6.92 Å². The first-order valence-electron chi connectivity index (χ1n) is 10.1. The van der Waals surface area contributed by atoms with Crippen molar-refractivity contribution in [3.05, 3.63) is 23.8 Å². The molecule has 4 nitrogen and oxygen atoms in total. The van der Waals surface area contributed by atoms with Crippen LogP contribution in [0.15, 0.2) is 23.8 Å². The molecule has 0 radical (unpaired) electrons. The second-order valence-corrected chi connectivity index (χ2v) is 9.44. The number of carbonyl (C=O) groups is 2. The molecule has 0 N–H and O–H groups in total. The number of hydrogen-bond donors (Lipinski definition) is 0. The van der Waals surface area contributed by atoms with Gasteiger partial charge in [-0.25, -0.2) is 4.79 Å². The molecule has 4 atom stereocenters. The quantitative estimate of drug-likeness (QED) is 0.375. The molecule has 0 aromatic carbocycles. The largest absolute Gasteiger partial charge is 0.466 e. The van der Waals surface area contributed by atoms with Crippen molar-refractivity contribution >= 4 is 11.9 Å². The molecule has 0 heterocycles. The van der Waals surface area contributed by atoms with Gasteiger partial charge in [0.2, 0.25) is 0 Å². The van der Waals surface area contributed by atoms with E-state index in [1.54, 1.807) is 6.08 Å². The number of rotatable bonds is 5. The van der Waals surface area contributed by atoms with Crippen molar-refractivity contribution in [1.82, 2.24) is 0 Å². The van der Waals surface area contributed by atoms with Gasteiger partial charge in [0.15, 0.2) is 0 Å². The summed E-state index contributed by atoms with van der Waals surface area (Å²) < 4.78 is 10.5. The Morgan fingerprint density at radius 1 is 1.22 bits per heavy atom. The second kappa shape index (κ2) is 8.20.